The van der Waals surface area contributed by atoms with E-state index in [1.54, 1.807) is 40.6 Å². The Balaban J connectivity index is 1.66. The maximum atomic E-state index is 13.8. The zero-order chi connectivity index (χ0) is 26.6. The minimum atomic E-state index is -3.56. The van der Waals surface area contributed by atoms with Crippen molar-refractivity contribution in [1.29, 1.82) is 0 Å². The molecule has 1 amide bonds. The van der Waals surface area contributed by atoms with Crippen LogP contribution >= 0.6 is 11.3 Å². The number of thiazole rings is 1. The molecule has 0 saturated carbocycles. The summed E-state index contributed by atoms with van der Waals surface area (Å²) < 4.78 is 34.2. The fourth-order valence-corrected chi connectivity index (χ4v) is 7.22. The van der Waals surface area contributed by atoms with Crippen molar-refractivity contribution in [3.05, 3.63) is 47.5 Å². The van der Waals surface area contributed by atoms with Crippen LogP contribution in [-0.2, 0) is 10.0 Å². The van der Waals surface area contributed by atoms with Crippen LogP contribution in [0.4, 0.5) is 5.13 Å². The van der Waals surface area contributed by atoms with Crippen LogP contribution in [-0.4, -0.2) is 74.9 Å². The van der Waals surface area contributed by atoms with Gasteiger partial charge in [-0.05, 0) is 68.8 Å². The Kier molecular flexibility index (Phi) is 8.84. The van der Waals surface area contributed by atoms with Gasteiger partial charge in [-0.1, -0.05) is 37.7 Å². The number of methoxy groups -OCH3 is 1. The van der Waals surface area contributed by atoms with Gasteiger partial charge in [-0.25, -0.2) is 13.4 Å². The molecule has 200 valence electrons. The van der Waals surface area contributed by atoms with Crippen molar-refractivity contribution in [1.82, 2.24) is 14.2 Å². The van der Waals surface area contributed by atoms with E-state index >= 15 is 0 Å². The summed E-state index contributed by atoms with van der Waals surface area (Å²) in [4.78, 5) is 22.8. The van der Waals surface area contributed by atoms with E-state index in [9.17, 15) is 13.2 Å². The zero-order valence-corrected chi connectivity index (χ0v) is 23.7. The number of benzene rings is 2. The third kappa shape index (κ3) is 5.82. The van der Waals surface area contributed by atoms with Gasteiger partial charge in [-0.2, -0.15) is 4.31 Å². The third-order valence-corrected chi connectivity index (χ3v) is 10.1. The Morgan fingerprint density at radius 1 is 1.03 bits per heavy atom. The molecule has 0 unspecified atom stereocenters. The molecule has 0 spiro atoms. The topological polar surface area (TPSA) is 83.1 Å². The fourth-order valence-electron chi connectivity index (χ4n) is 4.62. The van der Waals surface area contributed by atoms with Crippen molar-refractivity contribution in [3.8, 4) is 5.75 Å². The molecular weight excluding hydrogens is 508 g/mol. The number of ether oxygens (including phenoxy) is 1. The van der Waals surface area contributed by atoms with Crippen molar-refractivity contribution >= 4 is 42.6 Å². The van der Waals surface area contributed by atoms with Crippen molar-refractivity contribution in [2.24, 2.45) is 0 Å². The van der Waals surface area contributed by atoms with Crippen LogP contribution in [0.5, 0.6) is 5.75 Å². The fraction of sp³-hybridized carbons (Fsp3) is 0.481. The molecule has 10 heteroatoms. The minimum absolute atomic E-state index is 0.204. The molecule has 1 aliphatic rings. The molecule has 8 nitrogen and oxygen atoms in total. The Morgan fingerprint density at radius 3 is 2.32 bits per heavy atom. The van der Waals surface area contributed by atoms with Gasteiger partial charge in [0, 0.05) is 31.7 Å². The Bertz CT molecular complexity index is 1330. The predicted molar refractivity (Wildman–Crippen MR) is 149 cm³/mol. The number of aromatic nitrogens is 1. The molecule has 0 atom stereocenters. The second-order valence-corrected chi connectivity index (χ2v) is 12.1. The molecule has 1 saturated heterocycles. The van der Waals surface area contributed by atoms with Crippen LogP contribution < -0.4 is 9.64 Å². The van der Waals surface area contributed by atoms with Crippen molar-refractivity contribution in [2.45, 2.75) is 44.9 Å². The van der Waals surface area contributed by atoms with E-state index in [0.29, 0.717) is 42.6 Å². The highest BCUT2D eigenvalue weighted by molar-refractivity contribution is 7.89. The summed E-state index contributed by atoms with van der Waals surface area (Å²) in [5.74, 6) is 0.469. The number of sulfonamides is 1. The van der Waals surface area contributed by atoms with Crippen molar-refractivity contribution in [2.75, 3.05) is 51.3 Å². The van der Waals surface area contributed by atoms with E-state index in [1.807, 2.05) is 19.1 Å². The summed E-state index contributed by atoms with van der Waals surface area (Å²) in [5.41, 5.74) is 2.24. The van der Waals surface area contributed by atoms with Crippen LogP contribution in [0.1, 0.15) is 49.0 Å². The first-order chi connectivity index (χ1) is 17.8. The number of piperidine rings is 1. The minimum Gasteiger partial charge on any atom is -0.494 e. The molecule has 4 rings (SSSR count). The number of nitrogens with zero attached hydrogens (tertiary/aromatic N) is 4. The van der Waals surface area contributed by atoms with Crippen LogP contribution in [0.25, 0.3) is 10.2 Å². The average molecular weight is 545 g/mol. The molecule has 0 bridgehead atoms. The number of likely N-dealkylation sites (N-methyl/N-ethyl adjacent to an activating group) is 1. The number of aryl methyl sites for hydroxylation is 1. The van der Waals surface area contributed by atoms with E-state index in [1.165, 1.54) is 11.3 Å². The molecule has 0 radical (unpaired) electrons. The van der Waals surface area contributed by atoms with Gasteiger partial charge in [-0.15, -0.1) is 0 Å². The summed E-state index contributed by atoms with van der Waals surface area (Å²) >= 11 is 1.47. The lowest BCUT2D eigenvalue weighted by Gasteiger charge is -2.26. The first-order valence-electron chi connectivity index (χ1n) is 12.9. The Morgan fingerprint density at radius 2 is 1.70 bits per heavy atom. The molecule has 2 aromatic carbocycles. The van der Waals surface area contributed by atoms with Gasteiger partial charge in [0.15, 0.2) is 5.13 Å². The van der Waals surface area contributed by atoms with Gasteiger partial charge in [0.1, 0.15) is 11.3 Å². The first-order valence-corrected chi connectivity index (χ1v) is 15.1. The number of anilines is 1. The van der Waals surface area contributed by atoms with Gasteiger partial charge in [0.2, 0.25) is 10.0 Å². The van der Waals surface area contributed by atoms with Crippen molar-refractivity contribution < 1.29 is 17.9 Å². The van der Waals surface area contributed by atoms with E-state index in [0.717, 1.165) is 48.1 Å². The lowest BCUT2D eigenvalue weighted by molar-refractivity contribution is 0.0983. The maximum Gasteiger partial charge on any atom is 0.260 e. The van der Waals surface area contributed by atoms with E-state index in [-0.39, 0.29) is 10.8 Å². The molecule has 1 aromatic heterocycles. The van der Waals surface area contributed by atoms with E-state index in [2.05, 4.69) is 18.7 Å². The van der Waals surface area contributed by atoms with E-state index < -0.39 is 10.0 Å². The SMILES string of the molecule is CCN(CC)CCN(C(=O)c1ccc(S(=O)(=O)N2CCCCC2)cc1)c1nc2c(OC)ccc(C)c2s1. The second-order valence-electron chi connectivity index (χ2n) is 9.23. The largest absolute Gasteiger partial charge is 0.494 e. The van der Waals surface area contributed by atoms with Gasteiger partial charge >= 0.3 is 0 Å². The monoisotopic (exact) mass is 544 g/mol. The summed E-state index contributed by atoms with van der Waals surface area (Å²) in [6.45, 7) is 10.2. The zero-order valence-electron chi connectivity index (χ0n) is 22.1. The lowest BCUT2D eigenvalue weighted by atomic mass is 10.2. The lowest BCUT2D eigenvalue weighted by Crippen LogP contribution is -2.39. The summed E-state index contributed by atoms with van der Waals surface area (Å²) in [6, 6.07) is 10.2. The number of rotatable bonds is 10. The van der Waals surface area contributed by atoms with Gasteiger partial charge in [0.25, 0.3) is 5.91 Å². The van der Waals surface area contributed by atoms with E-state index in [4.69, 9.17) is 9.72 Å². The maximum absolute atomic E-state index is 13.8. The third-order valence-electron chi connectivity index (χ3n) is 6.98. The number of carbonyl (C=O) groups is 1. The summed E-state index contributed by atoms with van der Waals surface area (Å²) in [5, 5.41) is 0.602. The molecule has 0 aliphatic carbocycles. The summed E-state index contributed by atoms with van der Waals surface area (Å²) in [6.07, 6.45) is 2.81. The van der Waals surface area contributed by atoms with Crippen LogP contribution in [0.3, 0.4) is 0 Å². The highest BCUT2D eigenvalue weighted by Gasteiger charge is 2.27. The van der Waals surface area contributed by atoms with Gasteiger partial charge < -0.3 is 9.64 Å². The van der Waals surface area contributed by atoms with Crippen LogP contribution in [0, 0.1) is 6.92 Å². The molecular formula is C27H36N4O4S2. The number of carbonyl (C=O) groups excluding carboxylic acids is 1. The number of hydrogen-bond acceptors (Lipinski definition) is 7. The highest BCUT2D eigenvalue weighted by Crippen LogP contribution is 2.37. The number of fused-ring (bicyclic) bond motifs is 1. The standard InChI is InChI=1S/C27H36N4O4S2/c1-5-29(6-2)18-19-31(27-28-24-23(35-4)15-10-20(3)25(24)36-27)26(32)21-11-13-22(14-12-21)37(33,34)30-16-8-7-9-17-30/h10-15H,5-9,16-19H2,1-4H3. The number of hydrogen-bond donors (Lipinski definition) is 0. The molecule has 3 aromatic rings. The predicted octanol–water partition coefficient (Wildman–Crippen LogP) is 4.78. The molecule has 1 fully saturated rings. The Labute approximate surface area is 223 Å². The second kappa shape index (κ2) is 11.9. The average Bonchev–Trinajstić information content (AvgIpc) is 3.38. The quantitative estimate of drug-likeness (QED) is 0.365. The summed E-state index contributed by atoms with van der Waals surface area (Å²) in [7, 11) is -1.94. The van der Waals surface area contributed by atoms with Crippen LogP contribution in [0.2, 0.25) is 0 Å². The number of amides is 1. The van der Waals surface area contributed by atoms with Gasteiger partial charge in [0.05, 0.1) is 16.7 Å². The normalized spacial score (nSPS) is 14.8. The first kappa shape index (κ1) is 27.5. The molecule has 1 aliphatic heterocycles. The smallest absolute Gasteiger partial charge is 0.260 e. The van der Waals surface area contributed by atoms with Gasteiger partial charge in [-0.3, -0.25) is 9.69 Å². The Hall–Kier alpha value is -2.53. The highest BCUT2D eigenvalue weighted by atomic mass is 32.2. The van der Waals surface area contributed by atoms with Crippen molar-refractivity contribution in [3.63, 3.8) is 0 Å². The van der Waals surface area contributed by atoms with Crippen LogP contribution in [0.15, 0.2) is 41.3 Å². The molecule has 37 heavy (non-hydrogen) atoms. The molecule has 2 heterocycles. The molecule has 0 N–H and O–H groups in total.